The van der Waals surface area contributed by atoms with Gasteiger partial charge in [-0.1, -0.05) is 72.1 Å². The van der Waals surface area contributed by atoms with E-state index in [-0.39, 0.29) is 0 Å². The summed E-state index contributed by atoms with van der Waals surface area (Å²) >= 11 is 3.49. The maximum absolute atomic E-state index is 3.89. The molecule has 0 saturated heterocycles. The molecule has 0 fully saturated rings. The fraction of sp³-hybridized carbons (Fsp3) is 0.0588. The Morgan fingerprint density at radius 1 is 1.17 bits per heavy atom. The topological polar surface area (TPSA) is 0 Å². The van der Waals surface area contributed by atoms with Crippen LogP contribution in [0.3, 0.4) is 0 Å². The number of halogens is 1. The van der Waals surface area contributed by atoms with Gasteiger partial charge in [-0.3, -0.25) is 0 Å². The molecular weight excluding hydrogens is 284 g/mol. The van der Waals surface area contributed by atoms with Gasteiger partial charge in [0.15, 0.2) is 0 Å². The molecule has 0 nitrogen and oxygen atoms in total. The van der Waals surface area contributed by atoms with Gasteiger partial charge in [0.1, 0.15) is 0 Å². The number of hydrogen-bond acceptors (Lipinski definition) is 0. The number of allylic oxidation sites excluding steroid dienone is 7. The van der Waals surface area contributed by atoms with E-state index < -0.39 is 0 Å². The highest BCUT2D eigenvalue weighted by Crippen LogP contribution is 2.26. The van der Waals surface area contributed by atoms with Crippen molar-refractivity contribution in [1.82, 2.24) is 0 Å². The molecule has 0 aromatic heterocycles. The van der Waals surface area contributed by atoms with Crippen molar-refractivity contribution in [2.45, 2.75) is 6.92 Å². The van der Waals surface area contributed by atoms with Crippen molar-refractivity contribution in [3.8, 4) is 0 Å². The van der Waals surface area contributed by atoms with Gasteiger partial charge < -0.3 is 0 Å². The molecule has 0 unspecified atom stereocenters. The van der Waals surface area contributed by atoms with Crippen LogP contribution in [0, 0.1) is 0 Å². The summed E-state index contributed by atoms with van der Waals surface area (Å²) < 4.78 is 1.07. The van der Waals surface area contributed by atoms with E-state index in [0.717, 1.165) is 21.2 Å². The van der Waals surface area contributed by atoms with E-state index in [9.17, 15) is 0 Å². The van der Waals surface area contributed by atoms with Gasteiger partial charge in [0, 0.05) is 4.47 Å². The van der Waals surface area contributed by atoms with Gasteiger partial charge in [-0.15, -0.1) is 0 Å². The summed E-state index contributed by atoms with van der Waals surface area (Å²) in [5.74, 6) is 0. The van der Waals surface area contributed by atoms with Crippen LogP contribution in [0.4, 0.5) is 0 Å². The highest BCUT2D eigenvalue weighted by Gasteiger charge is 2.05. The highest BCUT2D eigenvalue weighted by atomic mass is 79.9. The van der Waals surface area contributed by atoms with Crippen LogP contribution in [0.15, 0.2) is 83.9 Å². The number of benzene rings is 1. The van der Waals surface area contributed by atoms with E-state index >= 15 is 0 Å². The third kappa shape index (κ3) is 3.44. The summed E-state index contributed by atoms with van der Waals surface area (Å²) in [5.41, 5.74) is 4.43. The van der Waals surface area contributed by atoms with Crippen molar-refractivity contribution < 1.29 is 0 Å². The molecule has 92 valence electrons. The Balaban J connectivity index is 3.39. The molecule has 0 aliphatic carbocycles. The second kappa shape index (κ2) is 6.97. The molecule has 0 radical (unpaired) electrons. The minimum atomic E-state index is 1.03. The summed E-state index contributed by atoms with van der Waals surface area (Å²) in [6.07, 6.45) is 7.37. The first kappa shape index (κ1) is 14.5. The van der Waals surface area contributed by atoms with E-state index in [1.54, 1.807) is 6.08 Å². The van der Waals surface area contributed by atoms with E-state index in [1.807, 2.05) is 30.4 Å². The first-order chi connectivity index (χ1) is 8.63. The van der Waals surface area contributed by atoms with Crippen LogP contribution >= 0.6 is 15.9 Å². The van der Waals surface area contributed by atoms with E-state index in [4.69, 9.17) is 0 Å². The van der Waals surface area contributed by atoms with Gasteiger partial charge in [0.2, 0.25) is 0 Å². The molecule has 18 heavy (non-hydrogen) atoms. The van der Waals surface area contributed by atoms with E-state index in [2.05, 4.69) is 54.7 Å². The number of hydrogen-bond donors (Lipinski definition) is 0. The van der Waals surface area contributed by atoms with Crippen molar-refractivity contribution in [1.29, 1.82) is 0 Å². The second-order valence-corrected chi connectivity index (χ2v) is 4.73. The van der Waals surface area contributed by atoms with Gasteiger partial charge in [-0.2, -0.15) is 0 Å². The minimum Gasteiger partial charge on any atom is -0.0990 e. The molecular formula is C17H17Br. The molecule has 0 aliphatic rings. The summed E-state index contributed by atoms with van der Waals surface area (Å²) in [7, 11) is 0. The first-order valence-electron chi connectivity index (χ1n) is 5.68. The van der Waals surface area contributed by atoms with Crippen LogP contribution in [-0.2, 0) is 0 Å². The Hall–Kier alpha value is -1.60. The molecule has 0 heterocycles. The SMILES string of the molecule is C=C/C=C(C=C)\C(C=C)=C(/C)c1cccc(Br)c1. The summed E-state index contributed by atoms with van der Waals surface area (Å²) in [6.45, 7) is 13.5. The normalized spacial score (nSPS) is 12.7. The molecule has 1 aromatic rings. The largest absolute Gasteiger partial charge is 0.0990 e. The lowest BCUT2D eigenvalue weighted by Crippen LogP contribution is -1.89. The Morgan fingerprint density at radius 3 is 2.39 bits per heavy atom. The monoisotopic (exact) mass is 300 g/mol. The highest BCUT2D eigenvalue weighted by molar-refractivity contribution is 9.10. The zero-order valence-electron chi connectivity index (χ0n) is 10.6. The third-order valence-electron chi connectivity index (χ3n) is 2.69. The van der Waals surface area contributed by atoms with Gasteiger partial charge in [0.25, 0.3) is 0 Å². The lowest BCUT2D eigenvalue weighted by molar-refractivity contribution is 1.47. The lowest BCUT2D eigenvalue weighted by atomic mass is 9.95. The van der Waals surface area contributed by atoms with Crippen molar-refractivity contribution in [2.75, 3.05) is 0 Å². The first-order valence-corrected chi connectivity index (χ1v) is 6.48. The maximum atomic E-state index is 3.89. The van der Waals surface area contributed by atoms with Crippen LogP contribution in [0.2, 0.25) is 0 Å². The van der Waals surface area contributed by atoms with Crippen LogP contribution in [0.25, 0.3) is 5.57 Å². The fourth-order valence-electron chi connectivity index (χ4n) is 1.76. The predicted octanol–water partition coefficient (Wildman–Crippen LogP) is 5.71. The predicted molar refractivity (Wildman–Crippen MR) is 85.4 cm³/mol. The maximum Gasteiger partial charge on any atom is 0.0181 e. The van der Waals surface area contributed by atoms with Crippen molar-refractivity contribution >= 4 is 21.5 Å². The molecule has 0 aliphatic heterocycles. The average Bonchev–Trinajstić information content (AvgIpc) is 2.38. The van der Waals surface area contributed by atoms with Gasteiger partial charge in [0.05, 0.1) is 0 Å². The molecule has 0 saturated carbocycles. The molecule has 1 aromatic carbocycles. The minimum absolute atomic E-state index is 1.03. The standard InChI is InChI=1S/C17H17Br/c1-5-9-14(6-2)17(7-3)13(4)15-10-8-11-16(18)12-15/h5-12H,1-3H2,4H3/b14-9-,17-13+. The third-order valence-corrected chi connectivity index (χ3v) is 3.19. The van der Waals surface area contributed by atoms with Crippen LogP contribution in [-0.4, -0.2) is 0 Å². The van der Waals surface area contributed by atoms with Crippen LogP contribution in [0.5, 0.6) is 0 Å². The average molecular weight is 301 g/mol. The molecule has 1 rings (SSSR count). The van der Waals surface area contributed by atoms with Gasteiger partial charge in [-0.05, 0) is 41.3 Å². The van der Waals surface area contributed by atoms with Crippen LogP contribution in [0.1, 0.15) is 12.5 Å². The second-order valence-electron chi connectivity index (χ2n) is 3.81. The van der Waals surface area contributed by atoms with Crippen molar-refractivity contribution in [3.63, 3.8) is 0 Å². The molecule has 0 N–H and O–H groups in total. The van der Waals surface area contributed by atoms with E-state index in [0.29, 0.717) is 0 Å². The van der Waals surface area contributed by atoms with Crippen molar-refractivity contribution in [2.24, 2.45) is 0 Å². The molecule has 1 heteroatoms. The summed E-state index contributed by atoms with van der Waals surface area (Å²) in [6, 6.07) is 8.21. The fourth-order valence-corrected chi connectivity index (χ4v) is 2.16. The van der Waals surface area contributed by atoms with Crippen LogP contribution < -0.4 is 0 Å². The molecule has 0 amide bonds. The lowest BCUT2D eigenvalue weighted by Gasteiger charge is -2.10. The summed E-state index contributed by atoms with van der Waals surface area (Å²) in [5, 5.41) is 0. The number of rotatable bonds is 5. The smallest absolute Gasteiger partial charge is 0.0181 e. The Labute approximate surface area is 118 Å². The van der Waals surface area contributed by atoms with Gasteiger partial charge >= 0.3 is 0 Å². The quantitative estimate of drug-likeness (QED) is 0.611. The van der Waals surface area contributed by atoms with Gasteiger partial charge in [-0.25, -0.2) is 0 Å². The Bertz CT molecular complexity index is 530. The van der Waals surface area contributed by atoms with Crippen molar-refractivity contribution in [3.05, 3.63) is 89.5 Å². The Morgan fingerprint density at radius 2 is 1.89 bits per heavy atom. The molecule has 0 bridgehead atoms. The van der Waals surface area contributed by atoms with E-state index in [1.165, 1.54) is 5.57 Å². The molecule has 0 spiro atoms. The zero-order valence-corrected chi connectivity index (χ0v) is 12.2. The molecule has 0 atom stereocenters. The Kier molecular flexibility index (Phi) is 5.60. The zero-order chi connectivity index (χ0) is 13.5. The summed E-state index contributed by atoms with van der Waals surface area (Å²) in [4.78, 5) is 0.